The third kappa shape index (κ3) is 4.46. The summed E-state index contributed by atoms with van der Waals surface area (Å²) in [6.45, 7) is 5.59. The lowest BCUT2D eigenvalue weighted by atomic mass is 9.97. The number of aliphatic imine (C=N–C) groups is 1. The fraction of sp³-hybridized carbons (Fsp3) is 0.706. The average Bonchev–Trinajstić information content (AvgIpc) is 2.98. The second-order valence-electron chi connectivity index (χ2n) is 6.68. The molecule has 0 N–H and O–H groups in total. The van der Waals surface area contributed by atoms with Gasteiger partial charge in [-0.1, -0.05) is 13.0 Å². The van der Waals surface area contributed by atoms with E-state index in [1.54, 1.807) is 0 Å². The van der Waals surface area contributed by atoms with Gasteiger partial charge in [0.05, 0.1) is 12.6 Å². The Balaban J connectivity index is 2.13. The van der Waals surface area contributed by atoms with E-state index >= 15 is 0 Å². The van der Waals surface area contributed by atoms with Crippen molar-refractivity contribution in [3.63, 3.8) is 0 Å². The van der Waals surface area contributed by atoms with Gasteiger partial charge in [0.2, 0.25) is 0 Å². The van der Waals surface area contributed by atoms with Crippen LogP contribution in [0.1, 0.15) is 30.7 Å². The van der Waals surface area contributed by atoms with Gasteiger partial charge in [-0.25, -0.2) is 0 Å². The van der Waals surface area contributed by atoms with Crippen molar-refractivity contribution in [3.05, 3.63) is 22.4 Å². The third-order valence-corrected chi connectivity index (χ3v) is 5.31. The third-order valence-electron chi connectivity index (χ3n) is 4.34. The van der Waals surface area contributed by atoms with Gasteiger partial charge in [0, 0.05) is 33.1 Å². The standard InChI is InChI=1S/C17H30N4S/c1-14-8-10-21(11-9-14)15(16-7-6-12-22-16)13-18-17(19(2)3)20(4)5/h6-7,12,14-15H,8-11,13H2,1-5H3. The maximum absolute atomic E-state index is 4.91. The smallest absolute Gasteiger partial charge is 0.195 e. The number of hydrogen-bond acceptors (Lipinski definition) is 3. The lowest BCUT2D eigenvalue weighted by Gasteiger charge is -2.36. The summed E-state index contributed by atoms with van der Waals surface area (Å²) in [6.07, 6.45) is 2.61. The fourth-order valence-corrected chi connectivity index (χ4v) is 3.91. The van der Waals surface area contributed by atoms with Gasteiger partial charge in [-0.05, 0) is 43.3 Å². The SMILES string of the molecule is CC1CCN(C(CN=C(N(C)C)N(C)C)c2cccs2)CC1. The molecule has 4 nitrogen and oxygen atoms in total. The molecule has 1 aliphatic heterocycles. The van der Waals surface area contributed by atoms with Crippen LogP contribution in [0.4, 0.5) is 0 Å². The first-order chi connectivity index (χ1) is 10.5. The van der Waals surface area contributed by atoms with Gasteiger partial charge in [-0.3, -0.25) is 9.89 Å². The largest absolute Gasteiger partial charge is 0.349 e. The van der Waals surface area contributed by atoms with E-state index in [1.807, 2.05) is 11.3 Å². The summed E-state index contributed by atoms with van der Waals surface area (Å²) < 4.78 is 0. The summed E-state index contributed by atoms with van der Waals surface area (Å²) in [5.74, 6) is 1.90. The van der Waals surface area contributed by atoms with Crippen LogP contribution in [0.3, 0.4) is 0 Å². The van der Waals surface area contributed by atoms with E-state index in [0.29, 0.717) is 6.04 Å². The maximum Gasteiger partial charge on any atom is 0.195 e. The van der Waals surface area contributed by atoms with Crippen LogP contribution in [0.5, 0.6) is 0 Å². The van der Waals surface area contributed by atoms with E-state index in [9.17, 15) is 0 Å². The summed E-state index contributed by atoms with van der Waals surface area (Å²) in [6, 6.07) is 4.83. The highest BCUT2D eigenvalue weighted by molar-refractivity contribution is 7.10. The van der Waals surface area contributed by atoms with Gasteiger partial charge in [0.25, 0.3) is 0 Å². The molecule has 1 atom stereocenters. The monoisotopic (exact) mass is 322 g/mol. The molecule has 0 saturated carbocycles. The number of likely N-dealkylation sites (tertiary alicyclic amines) is 1. The second kappa shape index (κ2) is 7.97. The minimum absolute atomic E-state index is 0.419. The molecule has 2 rings (SSSR count). The van der Waals surface area contributed by atoms with Crippen molar-refractivity contribution in [1.82, 2.24) is 14.7 Å². The van der Waals surface area contributed by atoms with Crippen LogP contribution in [0.15, 0.2) is 22.5 Å². The molecule has 0 bridgehead atoms. The first-order valence-corrected chi connectivity index (χ1v) is 9.03. The molecule has 1 aliphatic rings. The lowest BCUT2D eigenvalue weighted by molar-refractivity contribution is 0.143. The molecule has 0 amide bonds. The molecule has 124 valence electrons. The minimum atomic E-state index is 0.419. The molecule has 0 spiro atoms. The number of rotatable bonds is 4. The van der Waals surface area contributed by atoms with E-state index in [1.165, 1.54) is 30.8 Å². The summed E-state index contributed by atoms with van der Waals surface area (Å²) >= 11 is 1.86. The molecule has 0 aromatic carbocycles. The molecule has 2 heterocycles. The Bertz CT molecular complexity index is 449. The average molecular weight is 323 g/mol. The van der Waals surface area contributed by atoms with Gasteiger partial charge < -0.3 is 9.80 Å². The van der Waals surface area contributed by atoms with E-state index in [4.69, 9.17) is 4.99 Å². The number of piperidine rings is 1. The van der Waals surface area contributed by atoms with Gasteiger partial charge in [0.1, 0.15) is 0 Å². The van der Waals surface area contributed by atoms with E-state index < -0.39 is 0 Å². The number of nitrogens with zero attached hydrogens (tertiary/aromatic N) is 4. The van der Waals surface area contributed by atoms with Crippen LogP contribution in [0.2, 0.25) is 0 Å². The molecular weight excluding hydrogens is 292 g/mol. The van der Waals surface area contributed by atoms with Crippen molar-refractivity contribution in [2.75, 3.05) is 47.8 Å². The van der Waals surface area contributed by atoms with Crippen molar-refractivity contribution in [3.8, 4) is 0 Å². The Kier molecular flexibility index (Phi) is 6.26. The van der Waals surface area contributed by atoms with Crippen LogP contribution in [0, 0.1) is 5.92 Å². The maximum atomic E-state index is 4.91. The van der Waals surface area contributed by atoms with Crippen molar-refractivity contribution in [2.24, 2.45) is 10.9 Å². The summed E-state index contributed by atoms with van der Waals surface area (Å²) in [5.41, 5.74) is 0. The Hall–Kier alpha value is -1.07. The zero-order valence-electron chi connectivity index (χ0n) is 14.6. The molecular formula is C17H30N4S. The molecule has 1 unspecified atom stereocenters. The predicted octanol–water partition coefficient (Wildman–Crippen LogP) is 3.00. The fourth-order valence-electron chi connectivity index (χ4n) is 3.06. The number of guanidine groups is 1. The Morgan fingerprint density at radius 1 is 1.27 bits per heavy atom. The molecule has 5 heteroatoms. The van der Waals surface area contributed by atoms with Crippen LogP contribution >= 0.6 is 11.3 Å². The van der Waals surface area contributed by atoms with Crippen LogP contribution in [-0.2, 0) is 0 Å². The first-order valence-electron chi connectivity index (χ1n) is 8.15. The van der Waals surface area contributed by atoms with Crippen molar-refractivity contribution in [2.45, 2.75) is 25.8 Å². The van der Waals surface area contributed by atoms with Crippen molar-refractivity contribution < 1.29 is 0 Å². The molecule has 0 radical (unpaired) electrons. The highest BCUT2D eigenvalue weighted by Crippen LogP contribution is 2.29. The van der Waals surface area contributed by atoms with E-state index in [2.05, 4.69) is 67.3 Å². The van der Waals surface area contributed by atoms with Crippen LogP contribution in [-0.4, -0.2) is 68.5 Å². The summed E-state index contributed by atoms with van der Waals surface area (Å²) in [4.78, 5) is 13.1. The molecule has 1 fully saturated rings. The van der Waals surface area contributed by atoms with E-state index in [-0.39, 0.29) is 0 Å². The number of thiophene rings is 1. The van der Waals surface area contributed by atoms with E-state index in [0.717, 1.165) is 18.4 Å². The second-order valence-corrected chi connectivity index (χ2v) is 7.66. The molecule has 1 saturated heterocycles. The van der Waals surface area contributed by atoms with Gasteiger partial charge >= 0.3 is 0 Å². The van der Waals surface area contributed by atoms with Crippen molar-refractivity contribution in [1.29, 1.82) is 0 Å². The minimum Gasteiger partial charge on any atom is -0.349 e. The lowest BCUT2D eigenvalue weighted by Crippen LogP contribution is -2.39. The van der Waals surface area contributed by atoms with Crippen LogP contribution in [0.25, 0.3) is 0 Å². The highest BCUT2D eigenvalue weighted by atomic mass is 32.1. The molecule has 1 aromatic heterocycles. The van der Waals surface area contributed by atoms with Gasteiger partial charge in [-0.2, -0.15) is 0 Å². The highest BCUT2D eigenvalue weighted by Gasteiger charge is 2.25. The quantitative estimate of drug-likeness (QED) is 0.628. The zero-order valence-corrected chi connectivity index (χ0v) is 15.4. The predicted molar refractivity (Wildman–Crippen MR) is 96.7 cm³/mol. The Morgan fingerprint density at radius 3 is 2.41 bits per heavy atom. The number of hydrogen-bond donors (Lipinski definition) is 0. The molecule has 1 aromatic rings. The normalized spacial score (nSPS) is 18.0. The molecule has 0 aliphatic carbocycles. The van der Waals surface area contributed by atoms with Crippen molar-refractivity contribution >= 4 is 17.3 Å². The van der Waals surface area contributed by atoms with Gasteiger partial charge in [0.15, 0.2) is 5.96 Å². The summed E-state index contributed by atoms with van der Waals surface area (Å²) in [7, 11) is 8.23. The topological polar surface area (TPSA) is 22.1 Å². The summed E-state index contributed by atoms with van der Waals surface area (Å²) in [5, 5.41) is 2.18. The molecule has 22 heavy (non-hydrogen) atoms. The van der Waals surface area contributed by atoms with Gasteiger partial charge in [-0.15, -0.1) is 11.3 Å². The Labute approximate surface area is 139 Å². The first kappa shape index (κ1) is 17.3. The zero-order chi connectivity index (χ0) is 16.1. The Morgan fingerprint density at radius 2 is 1.91 bits per heavy atom. The van der Waals surface area contributed by atoms with Crippen LogP contribution < -0.4 is 0 Å².